The molecule has 0 amide bonds. The first-order chi connectivity index (χ1) is 11.2. The lowest BCUT2D eigenvalue weighted by Gasteiger charge is -2.03. The summed E-state index contributed by atoms with van der Waals surface area (Å²) in [6.45, 7) is -0.298. The molecule has 0 atom stereocenters. The number of esters is 1. The number of hydrogen-bond acceptors (Lipinski definition) is 4. The number of carbonyl (C=O) groups excluding carboxylic acids is 2. The van der Waals surface area contributed by atoms with Crippen LogP contribution in [0.4, 0.5) is 0 Å². The number of aryl methyl sites for hydroxylation is 1. The number of ketones is 1. The number of fused-ring (bicyclic) bond motifs is 1. The molecule has 4 heteroatoms. The molecule has 3 rings (SSSR count). The van der Waals surface area contributed by atoms with Crippen LogP contribution in [0.2, 0.25) is 0 Å². The standard InChI is InChI=1S/C19H16O4/c20-16(18-12-15-8-4-5-9-17(15)23-18)13-22-19(21)11-10-14-6-2-1-3-7-14/h1-9,12H,10-11,13H2. The topological polar surface area (TPSA) is 56.5 Å². The van der Waals surface area contributed by atoms with Crippen LogP contribution in [0, 0.1) is 0 Å². The van der Waals surface area contributed by atoms with Crippen molar-refractivity contribution in [1.82, 2.24) is 0 Å². The largest absolute Gasteiger partial charge is 0.457 e. The normalized spacial score (nSPS) is 10.6. The Hall–Kier alpha value is -2.88. The van der Waals surface area contributed by atoms with Gasteiger partial charge in [0.25, 0.3) is 0 Å². The van der Waals surface area contributed by atoms with Crippen molar-refractivity contribution in [3.8, 4) is 0 Å². The number of ether oxygens (including phenoxy) is 1. The number of carbonyl (C=O) groups is 2. The van der Waals surface area contributed by atoms with E-state index in [0.29, 0.717) is 12.0 Å². The molecule has 1 aromatic heterocycles. The first kappa shape index (κ1) is 15.0. The fourth-order valence-electron chi connectivity index (χ4n) is 2.30. The van der Waals surface area contributed by atoms with Gasteiger partial charge in [-0.1, -0.05) is 48.5 Å². The van der Waals surface area contributed by atoms with E-state index in [4.69, 9.17) is 9.15 Å². The van der Waals surface area contributed by atoms with Gasteiger partial charge in [0.15, 0.2) is 12.4 Å². The first-order valence-electron chi connectivity index (χ1n) is 7.44. The number of rotatable bonds is 6. The van der Waals surface area contributed by atoms with E-state index in [-0.39, 0.29) is 24.6 Å². The van der Waals surface area contributed by atoms with Crippen LogP contribution in [-0.2, 0) is 16.0 Å². The van der Waals surface area contributed by atoms with Crippen LogP contribution in [0.3, 0.4) is 0 Å². The van der Waals surface area contributed by atoms with Crippen molar-refractivity contribution < 1.29 is 18.7 Å². The number of hydrogen-bond donors (Lipinski definition) is 0. The Morgan fingerprint density at radius 3 is 2.48 bits per heavy atom. The Labute approximate surface area is 133 Å². The van der Waals surface area contributed by atoms with Gasteiger partial charge in [-0.15, -0.1) is 0 Å². The van der Waals surface area contributed by atoms with Gasteiger partial charge in [-0.3, -0.25) is 9.59 Å². The fraction of sp³-hybridized carbons (Fsp3) is 0.158. The highest BCUT2D eigenvalue weighted by Gasteiger charge is 2.14. The van der Waals surface area contributed by atoms with Gasteiger partial charge in [0, 0.05) is 11.8 Å². The van der Waals surface area contributed by atoms with Crippen LogP contribution < -0.4 is 0 Å². The molecule has 0 N–H and O–H groups in total. The third-order valence-electron chi connectivity index (χ3n) is 3.53. The molecule has 0 aliphatic carbocycles. The van der Waals surface area contributed by atoms with Crippen molar-refractivity contribution >= 4 is 22.7 Å². The Morgan fingerprint density at radius 2 is 1.70 bits per heavy atom. The fourth-order valence-corrected chi connectivity index (χ4v) is 2.30. The molecule has 0 saturated heterocycles. The predicted octanol–water partition coefficient (Wildman–Crippen LogP) is 3.79. The number of para-hydroxylation sites is 1. The highest BCUT2D eigenvalue weighted by Crippen LogP contribution is 2.19. The van der Waals surface area contributed by atoms with E-state index in [9.17, 15) is 9.59 Å². The smallest absolute Gasteiger partial charge is 0.306 e. The average molecular weight is 308 g/mol. The second kappa shape index (κ2) is 6.92. The Balaban J connectivity index is 1.51. The van der Waals surface area contributed by atoms with Gasteiger partial charge >= 0.3 is 5.97 Å². The van der Waals surface area contributed by atoms with E-state index in [2.05, 4.69) is 0 Å². The molecule has 0 bridgehead atoms. The van der Waals surface area contributed by atoms with Crippen LogP contribution >= 0.6 is 0 Å². The molecule has 0 spiro atoms. The molecule has 0 unspecified atom stereocenters. The van der Waals surface area contributed by atoms with E-state index >= 15 is 0 Å². The van der Waals surface area contributed by atoms with Crippen molar-refractivity contribution in [2.45, 2.75) is 12.8 Å². The van der Waals surface area contributed by atoms with E-state index in [1.807, 2.05) is 48.5 Å². The number of furan rings is 1. The predicted molar refractivity (Wildman–Crippen MR) is 86.3 cm³/mol. The summed E-state index contributed by atoms with van der Waals surface area (Å²) >= 11 is 0. The van der Waals surface area contributed by atoms with Gasteiger partial charge in [0.05, 0.1) is 0 Å². The summed E-state index contributed by atoms with van der Waals surface area (Å²) in [5.74, 6) is -0.519. The van der Waals surface area contributed by atoms with E-state index in [1.165, 1.54) is 0 Å². The molecule has 1 heterocycles. The van der Waals surface area contributed by atoms with E-state index in [1.54, 1.807) is 12.1 Å². The number of benzene rings is 2. The molecular formula is C19H16O4. The van der Waals surface area contributed by atoms with Gasteiger partial charge in [0.1, 0.15) is 5.58 Å². The van der Waals surface area contributed by atoms with Crippen LogP contribution in [0.1, 0.15) is 22.5 Å². The van der Waals surface area contributed by atoms with Crippen LogP contribution in [0.25, 0.3) is 11.0 Å². The second-order valence-electron chi connectivity index (χ2n) is 5.22. The summed E-state index contributed by atoms with van der Waals surface area (Å²) in [6.07, 6.45) is 0.843. The Morgan fingerprint density at radius 1 is 0.957 bits per heavy atom. The van der Waals surface area contributed by atoms with Crippen molar-refractivity contribution in [2.75, 3.05) is 6.61 Å². The van der Waals surface area contributed by atoms with Gasteiger partial charge < -0.3 is 9.15 Å². The molecule has 4 nitrogen and oxygen atoms in total. The summed E-state index contributed by atoms with van der Waals surface area (Å²) in [7, 11) is 0. The van der Waals surface area contributed by atoms with Gasteiger partial charge in [-0.2, -0.15) is 0 Å². The van der Waals surface area contributed by atoms with Gasteiger partial charge in [-0.25, -0.2) is 0 Å². The van der Waals surface area contributed by atoms with Crippen molar-refractivity contribution in [2.24, 2.45) is 0 Å². The third-order valence-corrected chi connectivity index (χ3v) is 3.53. The van der Waals surface area contributed by atoms with Crippen LogP contribution in [0.15, 0.2) is 65.1 Å². The SMILES string of the molecule is O=C(CCc1ccccc1)OCC(=O)c1cc2ccccc2o1. The molecular weight excluding hydrogens is 292 g/mol. The average Bonchev–Trinajstić information content (AvgIpc) is 3.03. The van der Waals surface area contributed by atoms with Crippen LogP contribution in [-0.4, -0.2) is 18.4 Å². The quantitative estimate of drug-likeness (QED) is 0.513. The molecule has 0 aliphatic rings. The first-order valence-corrected chi connectivity index (χ1v) is 7.44. The number of Topliss-reactive ketones (excluding diaryl/α,β-unsaturated/α-hetero) is 1. The lowest BCUT2D eigenvalue weighted by molar-refractivity contribution is -0.142. The van der Waals surface area contributed by atoms with Crippen molar-refractivity contribution in [3.05, 3.63) is 72.0 Å². The molecule has 0 radical (unpaired) electrons. The molecule has 0 saturated carbocycles. The van der Waals surface area contributed by atoms with E-state index < -0.39 is 5.97 Å². The summed E-state index contributed by atoms with van der Waals surface area (Å²) < 4.78 is 10.5. The highest BCUT2D eigenvalue weighted by molar-refractivity contribution is 5.99. The zero-order valence-electron chi connectivity index (χ0n) is 12.5. The maximum absolute atomic E-state index is 12.0. The second-order valence-corrected chi connectivity index (χ2v) is 5.22. The zero-order valence-corrected chi connectivity index (χ0v) is 12.5. The lowest BCUT2D eigenvalue weighted by atomic mass is 10.1. The zero-order chi connectivity index (χ0) is 16.1. The molecule has 3 aromatic rings. The molecule has 116 valence electrons. The molecule has 0 fully saturated rings. The minimum Gasteiger partial charge on any atom is -0.457 e. The summed E-state index contributed by atoms with van der Waals surface area (Å²) in [6, 6.07) is 18.7. The Bertz CT molecular complexity index is 785. The molecule has 23 heavy (non-hydrogen) atoms. The van der Waals surface area contributed by atoms with Crippen molar-refractivity contribution in [3.63, 3.8) is 0 Å². The maximum Gasteiger partial charge on any atom is 0.306 e. The summed E-state index contributed by atoms with van der Waals surface area (Å²) in [4.78, 5) is 23.7. The van der Waals surface area contributed by atoms with Crippen molar-refractivity contribution in [1.29, 1.82) is 0 Å². The van der Waals surface area contributed by atoms with Gasteiger partial charge in [-0.05, 0) is 24.1 Å². The minimum absolute atomic E-state index is 0.210. The monoisotopic (exact) mass is 308 g/mol. The van der Waals surface area contributed by atoms with E-state index in [0.717, 1.165) is 10.9 Å². The third kappa shape index (κ3) is 3.86. The maximum atomic E-state index is 12.0. The van der Waals surface area contributed by atoms with Gasteiger partial charge in [0.2, 0.25) is 5.78 Å². The Kier molecular flexibility index (Phi) is 4.52. The highest BCUT2D eigenvalue weighted by atomic mass is 16.5. The van der Waals surface area contributed by atoms with Crippen LogP contribution in [0.5, 0.6) is 0 Å². The minimum atomic E-state index is -0.390. The summed E-state index contributed by atoms with van der Waals surface area (Å²) in [5, 5.41) is 0.853. The molecule has 0 aliphatic heterocycles. The lowest BCUT2D eigenvalue weighted by Crippen LogP contribution is -2.14. The summed E-state index contributed by atoms with van der Waals surface area (Å²) in [5.41, 5.74) is 1.71. The molecule has 2 aromatic carbocycles.